The van der Waals surface area contributed by atoms with Gasteiger partial charge in [-0.25, -0.2) is 9.59 Å². The van der Waals surface area contributed by atoms with E-state index in [0.717, 1.165) is 0 Å². The van der Waals surface area contributed by atoms with E-state index in [-0.39, 0.29) is 13.1 Å². The average molecular weight is 174 g/mol. The Balaban J connectivity index is 2.61. The smallest absolute Gasteiger partial charge is 0.349 e. The molecule has 68 valence electrons. The summed E-state index contributed by atoms with van der Waals surface area (Å²) < 4.78 is 9.27. The molecule has 2 atom stereocenters. The summed E-state index contributed by atoms with van der Waals surface area (Å²) in [5.74, 6) is -1.26. The Bertz CT molecular complexity index is 184. The highest BCUT2D eigenvalue weighted by atomic mass is 16.6. The Labute approximate surface area is 68.8 Å². The van der Waals surface area contributed by atoms with Crippen LogP contribution >= 0.6 is 0 Å². The van der Waals surface area contributed by atoms with Crippen LogP contribution in [0, 0.1) is 0 Å². The molecule has 0 saturated carbocycles. The van der Waals surface area contributed by atoms with Gasteiger partial charge in [0.25, 0.3) is 0 Å². The second kappa shape index (κ2) is 3.51. The SMILES string of the molecule is NCC1OC(=O)C(CN)OC1=O. The van der Waals surface area contributed by atoms with Gasteiger partial charge in [-0.05, 0) is 0 Å². The van der Waals surface area contributed by atoms with Crippen molar-refractivity contribution in [2.45, 2.75) is 12.2 Å². The van der Waals surface area contributed by atoms with Gasteiger partial charge < -0.3 is 20.9 Å². The first kappa shape index (κ1) is 8.95. The van der Waals surface area contributed by atoms with Crippen LogP contribution in [0.25, 0.3) is 0 Å². The molecule has 0 aromatic rings. The van der Waals surface area contributed by atoms with Crippen molar-refractivity contribution >= 4 is 11.9 Å². The molecule has 1 saturated heterocycles. The van der Waals surface area contributed by atoms with E-state index in [1.54, 1.807) is 0 Å². The predicted octanol–water partition coefficient (Wildman–Crippen LogP) is -2.26. The molecule has 0 aromatic heterocycles. The van der Waals surface area contributed by atoms with E-state index in [9.17, 15) is 9.59 Å². The molecule has 1 rings (SSSR count). The van der Waals surface area contributed by atoms with Gasteiger partial charge in [0, 0.05) is 13.1 Å². The molecule has 0 spiro atoms. The molecule has 0 bridgehead atoms. The molecule has 0 aliphatic carbocycles. The van der Waals surface area contributed by atoms with Gasteiger partial charge in [-0.2, -0.15) is 0 Å². The summed E-state index contributed by atoms with van der Waals surface area (Å²) in [5, 5.41) is 0. The van der Waals surface area contributed by atoms with Crippen molar-refractivity contribution in [3.05, 3.63) is 0 Å². The first-order valence-corrected chi connectivity index (χ1v) is 3.50. The monoisotopic (exact) mass is 174 g/mol. The molecular formula is C6H10N2O4. The molecule has 1 aliphatic rings. The minimum atomic E-state index is -0.972. The van der Waals surface area contributed by atoms with Crippen LogP contribution in [-0.4, -0.2) is 37.2 Å². The van der Waals surface area contributed by atoms with Gasteiger partial charge in [0.1, 0.15) is 0 Å². The lowest BCUT2D eigenvalue weighted by atomic mass is 10.3. The van der Waals surface area contributed by atoms with E-state index in [1.165, 1.54) is 0 Å². The number of cyclic esters (lactones) is 2. The molecule has 0 aromatic carbocycles. The Morgan fingerprint density at radius 3 is 1.58 bits per heavy atom. The van der Waals surface area contributed by atoms with Crippen LogP contribution in [0.2, 0.25) is 0 Å². The van der Waals surface area contributed by atoms with E-state index in [2.05, 4.69) is 9.47 Å². The molecule has 0 radical (unpaired) electrons. The molecule has 1 aliphatic heterocycles. The van der Waals surface area contributed by atoms with Crippen molar-refractivity contribution in [2.75, 3.05) is 13.1 Å². The molecule has 12 heavy (non-hydrogen) atoms. The van der Waals surface area contributed by atoms with Crippen LogP contribution in [0.1, 0.15) is 0 Å². The summed E-state index contributed by atoms with van der Waals surface area (Å²) >= 11 is 0. The molecule has 6 heteroatoms. The maximum absolute atomic E-state index is 10.9. The van der Waals surface area contributed by atoms with E-state index in [4.69, 9.17) is 11.5 Å². The number of carbonyl (C=O) groups excluding carboxylic acids is 2. The summed E-state index contributed by atoms with van der Waals surface area (Å²) in [6, 6.07) is 0. The van der Waals surface area contributed by atoms with E-state index in [0.29, 0.717) is 0 Å². The normalized spacial score (nSPS) is 29.5. The lowest BCUT2D eigenvalue weighted by Gasteiger charge is -2.25. The molecule has 4 N–H and O–H groups in total. The van der Waals surface area contributed by atoms with Crippen LogP contribution in [0.15, 0.2) is 0 Å². The summed E-state index contributed by atoms with van der Waals surface area (Å²) in [4.78, 5) is 21.8. The third-order valence-corrected chi connectivity index (χ3v) is 1.47. The number of rotatable bonds is 2. The molecule has 1 fully saturated rings. The van der Waals surface area contributed by atoms with Gasteiger partial charge in [0.2, 0.25) is 12.2 Å². The number of carbonyl (C=O) groups is 2. The topological polar surface area (TPSA) is 105 Å². The summed E-state index contributed by atoms with van der Waals surface area (Å²) in [6.07, 6.45) is -1.94. The van der Waals surface area contributed by atoms with E-state index >= 15 is 0 Å². The standard InChI is InChI=1S/C6H10N2O4/c7-1-3-5(9)12-4(2-8)6(10)11-3/h3-4H,1-2,7-8H2. The highest BCUT2D eigenvalue weighted by molar-refractivity contribution is 5.87. The predicted molar refractivity (Wildman–Crippen MR) is 37.9 cm³/mol. The molecule has 0 amide bonds. The zero-order chi connectivity index (χ0) is 9.14. The lowest BCUT2D eigenvalue weighted by Crippen LogP contribution is -2.49. The van der Waals surface area contributed by atoms with Crippen LogP contribution in [0.5, 0.6) is 0 Å². The Hall–Kier alpha value is -1.14. The zero-order valence-corrected chi connectivity index (χ0v) is 6.36. The van der Waals surface area contributed by atoms with Gasteiger partial charge in [0.15, 0.2) is 0 Å². The van der Waals surface area contributed by atoms with Crippen LogP contribution in [0.3, 0.4) is 0 Å². The third-order valence-electron chi connectivity index (χ3n) is 1.47. The van der Waals surface area contributed by atoms with Crippen LogP contribution in [0.4, 0.5) is 0 Å². The van der Waals surface area contributed by atoms with E-state index < -0.39 is 24.1 Å². The minimum Gasteiger partial charge on any atom is -0.446 e. The average Bonchev–Trinajstić information content (AvgIpc) is 2.08. The third kappa shape index (κ3) is 1.54. The largest absolute Gasteiger partial charge is 0.446 e. The molecule has 2 unspecified atom stereocenters. The second-order valence-electron chi connectivity index (χ2n) is 2.32. The van der Waals surface area contributed by atoms with Gasteiger partial charge in [-0.3, -0.25) is 0 Å². The van der Waals surface area contributed by atoms with Crippen molar-refractivity contribution in [2.24, 2.45) is 11.5 Å². The lowest BCUT2D eigenvalue weighted by molar-refractivity contribution is -0.193. The maximum atomic E-state index is 10.9. The fourth-order valence-corrected chi connectivity index (χ4v) is 0.817. The quantitative estimate of drug-likeness (QED) is 0.458. The minimum absolute atomic E-state index is 0.0676. The Morgan fingerprint density at radius 2 is 1.33 bits per heavy atom. The summed E-state index contributed by atoms with van der Waals surface area (Å²) in [7, 11) is 0. The Kier molecular flexibility index (Phi) is 2.61. The highest BCUT2D eigenvalue weighted by Gasteiger charge is 2.36. The van der Waals surface area contributed by atoms with Gasteiger partial charge in [-0.15, -0.1) is 0 Å². The van der Waals surface area contributed by atoms with Crippen molar-refractivity contribution < 1.29 is 19.1 Å². The number of nitrogens with two attached hydrogens (primary N) is 2. The highest BCUT2D eigenvalue weighted by Crippen LogP contribution is 2.08. The van der Waals surface area contributed by atoms with Crippen molar-refractivity contribution in [3.8, 4) is 0 Å². The van der Waals surface area contributed by atoms with Gasteiger partial charge >= 0.3 is 11.9 Å². The molecular weight excluding hydrogens is 164 g/mol. The summed E-state index contributed by atoms with van der Waals surface area (Å²) in [5.41, 5.74) is 10.3. The van der Waals surface area contributed by atoms with Crippen molar-refractivity contribution in [1.82, 2.24) is 0 Å². The first-order valence-electron chi connectivity index (χ1n) is 3.50. The summed E-state index contributed by atoms with van der Waals surface area (Å²) in [6.45, 7) is -0.135. The van der Waals surface area contributed by atoms with Crippen molar-refractivity contribution in [3.63, 3.8) is 0 Å². The molecule has 6 nitrogen and oxygen atoms in total. The Morgan fingerprint density at radius 1 is 1.00 bits per heavy atom. The number of esters is 2. The first-order chi connectivity index (χ1) is 5.69. The maximum Gasteiger partial charge on any atom is 0.349 e. The number of hydrogen-bond acceptors (Lipinski definition) is 6. The number of hydrogen-bond donors (Lipinski definition) is 2. The second-order valence-corrected chi connectivity index (χ2v) is 2.32. The van der Waals surface area contributed by atoms with E-state index in [1.807, 2.05) is 0 Å². The zero-order valence-electron chi connectivity index (χ0n) is 6.36. The fourth-order valence-electron chi connectivity index (χ4n) is 0.817. The van der Waals surface area contributed by atoms with Crippen LogP contribution in [-0.2, 0) is 19.1 Å². The number of ether oxygens (including phenoxy) is 2. The van der Waals surface area contributed by atoms with Crippen LogP contribution < -0.4 is 11.5 Å². The van der Waals surface area contributed by atoms with Crippen molar-refractivity contribution in [1.29, 1.82) is 0 Å². The van der Waals surface area contributed by atoms with Gasteiger partial charge in [-0.1, -0.05) is 0 Å². The fraction of sp³-hybridized carbons (Fsp3) is 0.667. The molecule has 1 heterocycles. The van der Waals surface area contributed by atoms with Gasteiger partial charge in [0.05, 0.1) is 0 Å².